The SMILES string of the molecule is CCCCOCCCN1C(=O)C(c2ccc(F)cc2)=C(N2CCN(CC)CC2)C1=O. The summed E-state index contributed by atoms with van der Waals surface area (Å²) in [4.78, 5) is 32.1. The van der Waals surface area contributed by atoms with Crippen LogP contribution in [-0.2, 0) is 14.3 Å². The summed E-state index contributed by atoms with van der Waals surface area (Å²) in [5, 5.41) is 0. The van der Waals surface area contributed by atoms with Crippen molar-refractivity contribution in [2.24, 2.45) is 0 Å². The lowest BCUT2D eigenvalue weighted by Gasteiger charge is -2.36. The predicted octanol–water partition coefficient (Wildman–Crippen LogP) is 2.75. The van der Waals surface area contributed by atoms with Crippen LogP contribution in [0.3, 0.4) is 0 Å². The number of imide groups is 1. The summed E-state index contributed by atoms with van der Waals surface area (Å²) in [6.07, 6.45) is 2.68. The minimum atomic E-state index is -0.365. The van der Waals surface area contributed by atoms with Crippen LogP contribution >= 0.6 is 0 Å². The number of rotatable bonds is 10. The van der Waals surface area contributed by atoms with Crippen molar-refractivity contribution < 1.29 is 18.7 Å². The van der Waals surface area contributed by atoms with E-state index in [1.54, 1.807) is 12.1 Å². The Bertz CT molecular complexity index is 770. The Morgan fingerprint density at radius 2 is 1.60 bits per heavy atom. The lowest BCUT2D eigenvalue weighted by atomic mass is 10.0. The number of likely N-dealkylation sites (N-methyl/N-ethyl adjacent to an activating group) is 1. The smallest absolute Gasteiger partial charge is 0.277 e. The predicted molar refractivity (Wildman–Crippen MR) is 114 cm³/mol. The first kappa shape index (κ1) is 22.4. The van der Waals surface area contributed by atoms with Gasteiger partial charge in [-0.1, -0.05) is 32.4 Å². The van der Waals surface area contributed by atoms with Crippen LogP contribution in [0.1, 0.15) is 38.7 Å². The van der Waals surface area contributed by atoms with Gasteiger partial charge in [-0.15, -0.1) is 0 Å². The number of unbranched alkanes of at least 4 members (excludes halogenated alkanes) is 1. The van der Waals surface area contributed by atoms with Gasteiger partial charge in [-0.05, 0) is 37.1 Å². The molecule has 3 rings (SSSR count). The van der Waals surface area contributed by atoms with Crippen LogP contribution < -0.4 is 0 Å². The van der Waals surface area contributed by atoms with E-state index in [9.17, 15) is 14.0 Å². The monoisotopic (exact) mass is 417 g/mol. The number of piperazine rings is 1. The van der Waals surface area contributed by atoms with Gasteiger partial charge < -0.3 is 14.5 Å². The maximum atomic E-state index is 13.4. The third-order valence-electron chi connectivity index (χ3n) is 5.72. The number of carbonyl (C=O) groups excluding carboxylic acids is 2. The number of benzene rings is 1. The van der Waals surface area contributed by atoms with Crippen LogP contribution in [0.4, 0.5) is 4.39 Å². The van der Waals surface area contributed by atoms with E-state index >= 15 is 0 Å². The highest BCUT2D eigenvalue weighted by atomic mass is 19.1. The summed E-state index contributed by atoms with van der Waals surface area (Å²) < 4.78 is 19.0. The highest BCUT2D eigenvalue weighted by Crippen LogP contribution is 2.32. The molecule has 30 heavy (non-hydrogen) atoms. The van der Waals surface area contributed by atoms with Gasteiger partial charge in [-0.2, -0.15) is 0 Å². The molecule has 0 atom stereocenters. The number of carbonyl (C=O) groups is 2. The Balaban J connectivity index is 1.78. The van der Waals surface area contributed by atoms with Gasteiger partial charge in [0.2, 0.25) is 0 Å². The standard InChI is InChI=1S/C23H32FN3O3/c1-3-5-16-30-17-6-11-27-22(28)20(18-7-9-19(24)10-8-18)21(23(27)29)26-14-12-25(4-2)13-15-26/h7-10H,3-6,11-17H2,1-2H3. The minimum Gasteiger partial charge on any atom is -0.381 e. The normalized spacial score (nSPS) is 18.1. The Morgan fingerprint density at radius 1 is 0.933 bits per heavy atom. The Labute approximate surface area is 178 Å². The molecule has 2 aliphatic heterocycles. The van der Waals surface area contributed by atoms with E-state index in [0.717, 1.165) is 32.5 Å². The average Bonchev–Trinajstić information content (AvgIpc) is 3.01. The molecular formula is C23H32FN3O3. The van der Waals surface area contributed by atoms with Crippen molar-refractivity contribution in [2.75, 3.05) is 52.5 Å². The minimum absolute atomic E-state index is 0.252. The molecule has 0 radical (unpaired) electrons. The van der Waals surface area contributed by atoms with Crippen molar-refractivity contribution >= 4 is 17.4 Å². The fourth-order valence-corrected chi connectivity index (χ4v) is 3.90. The molecule has 6 nitrogen and oxygen atoms in total. The van der Waals surface area contributed by atoms with Crippen molar-refractivity contribution in [1.29, 1.82) is 0 Å². The molecule has 0 N–H and O–H groups in total. The van der Waals surface area contributed by atoms with Crippen LogP contribution in [0.5, 0.6) is 0 Å². The summed E-state index contributed by atoms with van der Waals surface area (Å²) >= 11 is 0. The molecule has 0 aliphatic carbocycles. The Morgan fingerprint density at radius 3 is 2.23 bits per heavy atom. The molecule has 2 heterocycles. The van der Waals surface area contributed by atoms with E-state index < -0.39 is 0 Å². The van der Waals surface area contributed by atoms with Crippen LogP contribution in [0, 0.1) is 5.82 Å². The Hall–Kier alpha value is -2.25. The molecule has 2 amide bonds. The summed E-state index contributed by atoms with van der Waals surface area (Å²) in [5.74, 6) is -0.916. The summed E-state index contributed by atoms with van der Waals surface area (Å²) in [6.45, 7) is 9.83. The van der Waals surface area contributed by atoms with Gasteiger partial charge in [-0.25, -0.2) is 4.39 Å². The van der Waals surface area contributed by atoms with E-state index in [0.29, 0.717) is 56.1 Å². The van der Waals surface area contributed by atoms with Crippen LogP contribution in [0.2, 0.25) is 0 Å². The second kappa shape index (κ2) is 10.7. The van der Waals surface area contributed by atoms with Gasteiger partial charge in [0.15, 0.2) is 0 Å². The molecule has 1 aromatic rings. The molecule has 0 aromatic heterocycles. The molecule has 0 bridgehead atoms. The molecule has 0 unspecified atom stereocenters. The largest absolute Gasteiger partial charge is 0.381 e. The van der Waals surface area contributed by atoms with E-state index in [-0.39, 0.29) is 17.6 Å². The maximum absolute atomic E-state index is 13.4. The third-order valence-corrected chi connectivity index (χ3v) is 5.72. The van der Waals surface area contributed by atoms with Crippen molar-refractivity contribution in [1.82, 2.24) is 14.7 Å². The van der Waals surface area contributed by atoms with E-state index in [1.807, 2.05) is 4.90 Å². The molecule has 1 aromatic carbocycles. The zero-order valence-electron chi connectivity index (χ0n) is 18.0. The second-order valence-electron chi connectivity index (χ2n) is 7.73. The van der Waals surface area contributed by atoms with Gasteiger partial charge in [0.25, 0.3) is 11.8 Å². The van der Waals surface area contributed by atoms with Gasteiger partial charge in [0.1, 0.15) is 11.5 Å². The van der Waals surface area contributed by atoms with Gasteiger partial charge in [-0.3, -0.25) is 14.5 Å². The highest BCUT2D eigenvalue weighted by molar-refractivity contribution is 6.35. The summed E-state index contributed by atoms with van der Waals surface area (Å²) in [7, 11) is 0. The molecule has 0 spiro atoms. The molecule has 1 saturated heterocycles. The van der Waals surface area contributed by atoms with E-state index in [2.05, 4.69) is 18.7 Å². The zero-order valence-corrected chi connectivity index (χ0v) is 18.0. The van der Waals surface area contributed by atoms with Crippen molar-refractivity contribution in [3.8, 4) is 0 Å². The topological polar surface area (TPSA) is 53.1 Å². The molecule has 7 heteroatoms. The number of hydrogen-bond donors (Lipinski definition) is 0. The molecule has 0 saturated carbocycles. The maximum Gasteiger partial charge on any atom is 0.277 e. The third kappa shape index (κ3) is 5.08. The van der Waals surface area contributed by atoms with Crippen LogP contribution in [-0.4, -0.2) is 79.0 Å². The molecule has 1 fully saturated rings. The lowest BCUT2D eigenvalue weighted by molar-refractivity contribution is -0.137. The van der Waals surface area contributed by atoms with Gasteiger partial charge >= 0.3 is 0 Å². The average molecular weight is 418 g/mol. The van der Waals surface area contributed by atoms with Crippen molar-refractivity contribution in [2.45, 2.75) is 33.1 Å². The molecule has 164 valence electrons. The van der Waals surface area contributed by atoms with Gasteiger partial charge in [0.05, 0.1) is 5.57 Å². The first-order valence-electron chi connectivity index (χ1n) is 11.0. The van der Waals surface area contributed by atoms with Gasteiger partial charge in [0, 0.05) is 45.9 Å². The first-order valence-corrected chi connectivity index (χ1v) is 11.0. The number of nitrogens with zero attached hydrogens (tertiary/aromatic N) is 3. The highest BCUT2D eigenvalue weighted by Gasteiger charge is 2.41. The van der Waals surface area contributed by atoms with Crippen LogP contribution in [0.25, 0.3) is 5.57 Å². The van der Waals surface area contributed by atoms with Crippen molar-refractivity contribution in [3.63, 3.8) is 0 Å². The first-order chi connectivity index (χ1) is 14.6. The number of amides is 2. The number of hydrogen-bond acceptors (Lipinski definition) is 5. The van der Waals surface area contributed by atoms with E-state index in [4.69, 9.17) is 4.74 Å². The lowest BCUT2D eigenvalue weighted by Crippen LogP contribution is -2.47. The fraction of sp³-hybridized carbons (Fsp3) is 0.565. The molecular weight excluding hydrogens is 385 g/mol. The quantitative estimate of drug-likeness (QED) is 0.433. The summed E-state index contributed by atoms with van der Waals surface area (Å²) in [6, 6.07) is 5.82. The zero-order chi connectivity index (χ0) is 21.5. The second-order valence-corrected chi connectivity index (χ2v) is 7.73. The van der Waals surface area contributed by atoms with E-state index in [1.165, 1.54) is 17.0 Å². The summed E-state index contributed by atoms with van der Waals surface area (Å²) in [5.41, 5.74) is 1.43. The fourth-order valence-electron chi connectivity index (χ4n) is 3.90. The van der Waals surface area contributed by atoms with Crippen LogP contribution in [0.15, 0.2) is 30.0 Å². The number of halogens is 1. The Kier molecular flexibility index (Phi) is 7.99. The number of ether oxygens (including phenoxy) is 1. The molecule has 2 aliphatic rings. The van der Waals surface area contributed by atoms with Crippen molar-refractivity contribution in [3.05, 3.63) is 41.3 Å².